The molecule has 0 aromatic heterocycles. The predicted octanol–water partition coefficient (Wildman–Crippen LogP) is 20.4. The van der Waals surface area contributed by atoms with Crippen LogP contribution < -0.4 is 5.32 Å². The Bertz CT molecular complexity index is 1170. The van der Waals surface area contributed by atoms with Crippen LogP contribution in [0.25, 0.3) is 0 Å². The van der Waals surface area contributed by atoms with Crippen molar-refractivity contribution in [2.24, 2.45) is 0 Å². The molecule has 0 aliphatic heterocycles. The van der Waals surface area contributed by atoms with Gasteiger partial charge in [-0.2, -0.15) is 0 Å². The van der Waals surface area contributed by atoms with Crippen molar-refractivity contribution in [2.45, 2.75) is 360 Å². The van der Waals surface area contributed by atoms with Crippen molar-refractivity contribution in [3.8, 4) is 0 Å². The molecule has 0 spiro atoms. The fourth-order valence-corrected chi connectivity index (χ4v) is 9.97. The molecule has 0 radical (unpaired) electrons. The molecule has 0 aliphatic rings. The number of hydrogen-bond donors (Lipinski definition) is 3. The summed E-state index contributed by atoms with van der Waals surface area (Å²) in [6.07, 6.45) is 77.9. The number of aliphatic hydroxyl groups is 2. The van der Waals surface area contributed by atoms with Crippen molar-refractivity contribution in [3.05, 3.63) is 36.5 Å². The van der Waals surface area contributed by atoms with E-state index in [0.29, 0.717) is 19.4 Å². The van der Waals surface area contributed by atoms with Gasteiger partial charge in [-0.25, -0.2) is 0 Å². The molecule has 0 fully saturated rings. The molecule has 0 aromatic carbocycles. The van der Waals surface area contributed by atoms with E-state index in [9.17, 15) is 19.8 Å². The van der Waals surface area contributed by atoms with Crippen LogP contribution in [-0.4, -0.2) is 47.4 Å². The maximum absolute atomic E-state index is 12.4. The summed E-state index contributed by atoms with van der Waals surface area (Å²) in [5, 5.41) is 23.0. The van der Waals surface area contributed by atoms with E-state index >= 15 is 0 Å². The highest BCUT2D eigenvalue weighted by molar-refractivity contribution is 5.76. The van der Waals surface area contributed by atoms with Crippen LogP contribution in [-0.2, 0) is 14.3 Å². The summed E-state index contributed by atoms with van der Waals surface area (Å²) in [5.41, 5.74) is 0. The molecular weight excluding hydrogens is 887 g/mol. The number of esters is 1. The third kappa shape index (κ3) is 57.4. The predicted molar refractivity (Wildman–Crippen MR) is 315 cm³/mol. The number of carbonyl (C=O) groups is 2. The summed E-state index contributed by atoms with van der Waals surface area (Å²) in [5.74, 6) is -0.0592. The van der Waals surface area contributed by atoms with Crippen LogP contribution >= 0.6 is 0 Å². The van der Waals surface area contributed by atoms with Crippen molar-refractivity contribution >= 4 is 11.9 Å². The van der Waals surface area contributed by atoms with Crippen LogP contribution in [0.1, 0.15) is 348 Å². The van der Waals surface area contributed by atoms with Gasteiger partial charge in [0, 0.05) is 12.8 Å². The first-order valence-electron chi connectivity index (χ1n) is 32.3. The third-order valence-electron chi connectivity index (χ3n) is 14.9. The van der Waals surface area contributed by atoms with Gasteiger partial charge in [-0.15, -0.1) is 0 Å². The van der Waals surface area contributed by atoms with E-state index < -0.39 is 12.1 Å². The lowest BCUT2D eigenvalue weighted by molar-refractivity contribution is -0.143. The smallest absolute Gasteiger partial charge is 0.305 e. The van der Waals surface area contributed by atoms with Gasteiger partial charge in [-0.3, -0.25) is 9.59 Å². The summed E-state index contributed by atoms with van der Waals surface area (Å²) in [4.78, 5) is 24.4. The number of carbonyl (C=O) groups excluding carboxylic acids is 2. The summed E-state index contributed by atoms with van der Waals surface area (Å²) in [6, 6.07) is -0.622. The van der Waals surface area contributed by atoms with E-state index in [1.807, 2.05) is 6.08 Å². The molecule has 1 amide bonds. The number of unbranched alkanes of at least 4 members (excludes halogenated alkanes) is 45. The number of aliphatic hydroxyl groups excluding tert-OH is 2. The van der Waals surface area contributed by atoms with Crippen molar-refractivity contribution < 1.29 is 24.5 Å². The van der Waals surface area contributed by atoms with Gasteiger partial charge in [0.25, 0.3) is 0 Å². The highest BCUT2D eigenvalue weighted by Crippen LogP contribution is 2.18. The van der Waals surface area contributed by atoms with Gasteiger partial charge in [0.15, 0.2) is 0 Å². The molecule has 6 nitrogen and oxygen atoms in total. The summed E-state index contributed by atoms with van der Waals surface area (Å²) < 4.78 is 5.47. The Morgan fingerprint density at radius 1 is 0.389 bits per heavy atom. The lowest BCUT2D eigenvalue weighted by Crippen LogP contribution is -2.45. The Morgan fingerprint density at radius 2 is 0.722 bits per heavy atom. The van der Waals surface area contributed by atoms with Gasteiger partial charge in [0.2, 0.25) is 5.91 Å². The standard InChI is InChI=1S/C66H125NO5/c1-3-5-7-9-11-13-15-36-40-44-48-52-56-60-66(71)72-61-57-53-49-45-41-38-35-33-31-29-27-25-23-21-19-17-16-18-20-22-24-26-28-30-32-34-37-39-43-47-51-55-59-65(70)67-63(62-68)64(69)58-54-50-46-42-14-12-10-8-6-4-2/h7,9,13,15,54,58,63-64,68-69H,3-6,8,10-12,14,16-53,55-57,59-62H2,1-2H3,(H,67,70)/b9-7-,15-13-,58-54+. The molecule has 6 heteroatoms. The summed E-state index contributed by atoms with van der Waals surface area (Å²) in [7, 11) is 0. The lowest BCUT2D eigenvalue weighted by atomic mass is 10.0. The van der Waals surface area contributed by atoms with Crippen molar-refractivity contribution in [3.63, 3.8) is 0 Å². The normalized spacial score (nSPS) is 12.8. The SMILES string of the molecule is CCC/C=C\C/C=C\CCCCCCCC(=O)OCCCCCCCCCCCCCCCCCCCCCCCCCCCCCCCCCCC(=O)NC(CO)C(O)/C=C/CCCCCCCCCC. The van der Waals surface area contributed by atoms with Crippen LogP contribution in [0, 0.1) is 0 Å². The lowest BCUT2D eigenvalue weighted by Gasteiger charge is -2.20. The highest BCUT2D eigenvalue weighted by atomic mass is 16.5. The minimum Gasteiger partial charge on any atom is -0.466 e. The molecule has 3 N–H and O–H groups in total. The van der Waals surface area contributed by atoms with E-state index in [1.165, 1.54) is 270 Å². The largest absolute Gasteiger partial charge is 0.466 e. The number of ether oxygens (including phenoxy) is 1. The zero-order valence-electron chi connectivity index (χ0n) is 48.4. The van der Waals surface area contributed by atoms with E-state index in [0.717, 1.165) is 51.4 Å². The van der Waals surface area contributed by atoms with E-state index in [2.05, 4.69) is 43.5 Å². The third-order valence-corrected chi connectivity index (χ3v) is 14.9. The maximum atomic E-state index is 12.4. The quantitative estimate of drug-likeness (QED) is 0.0320. The van der Waals surface area contributed by atoms with Crippen molar-refractivity contribution in [1.29, 1.82) is 0 Å². The second-order valence-corrected chi connectivity index (χ2v) is 22.1. The molecule has 2 unspecified atom stereocenters. The van der Waals surface area contributed by atoms with E-state index in [4.69, 9.17) is 4.74 Å². The first kappa shape index (κ1) is 70.1. The number of nitrogens with one attached hydrogen (secondary N) is 1. The molecule has 0 bridgehead atoms. The maximum Gasteiger partial charge on any atom is 0.305 e. The average molecular weight is 1010 g/mol. The van der Waals surface area contributed by atoms with Crippen molar-refractivity contribution in [2.75, 3.05) is 13.2 Å². The summed E-state index contributed by atoms with van der Waals surface area (Å²) >= 11 is 0. The van der Waals surface area contributed by atoms with Crippen LogP contribution in [0.3, 0.4) is 0 Å². The van der Waals surface area contributed by atoms with Gasteiger partial charge in [0.1, 0.15) is 0 Å². The van der Waals surface area contributed by atoms with Crippen LogP contribution in [0.4, 0.5) is 0 Å². The van der Waals surface area contributed by atoms with Crippen LogP contribution in [0.5, 0.6) is 0 Å². The van der Waals surface area contributed by atoms with Crippen LogP contribution in [0.15, 0.2) is 36.5 Å². The van der Waals surface area contributed by atoms with E-state index in [1.54, 1.807) is 6.08 Å². The second kappa shape index (κ2) is 61.6. The fraction of sp³-hybridized carbons (Fsp3) is 0.879. The van der Waals surface area contributed by atoms with Crippen LogP contribution in [0.2, 0.25) is 0 Å². The molecule has 424 valence electrons. The molecule has 0 saturated heterocycles. The second-order valence-electron chi connectivity index (χ2n) is 22.1. The van der Waals surface area contributed by atoms with Gasteiger partial charge >= 0.3 is 5.97 Å². The zero-order valence-corrected chi connectivity index (χ0v) is 48.4. The fourth-order valence-electron chi connectivity index (χ4n) is 9.97. The molecule has 0 saturated carbocycles. The van der Waals surface area contributed by atoms with Gasteiger partial charge in [-0.1, -0.05) is 314 Å². The highest BCUT2D eigenvalue weighted by Gasteiger charge is 2.18. The zero-order chi connectivity index (χ0) is 52.2. The molecule has 0 rings (SSSR count). The Morgan fingerprint density at radius 3 is 1.11 bits per heavy atom. The molecule has 0 aliphatic carbocycles. The molecule has 0 heterocycles. The Hall–Kier alpha value is -1.92. The van der Waals surface area contributed by atoms with Crippen molar-refractivity contribution in [1.82, 2.24) is 5.32 Å². The monoisotopic (exact) mass is 1010 g/mol. The number of allylic oxidation sites excluding steroid dienone is 5. The minimum absolute atomic E-state index is 0.00537. The topological polar surface area (TPSA) is 95.9 Å². The first-order valence-corrected chi connectivity index (χ1v) is 32.3. The van der Waals surface area contributed by atoms with Gasteiger partial charge in [0.05, 0.1) is 25.4 Å². The average Bonchev–Trinajstić information content (AvgIpc) is 3.38. The number of rotatable bonds is 60. The minimum atomic E-state index is -0.839. The van der Waals surface area contributed by atoms with Gasteiger partial charge in [-0.05, 0) is 57.8 Å². The molecular formula is C66H125NO5. The molecule has 2 atom stereocenters. The Balaban J connectivity index is 3.31. The van der Waals surface area contributed by atoms with E-state index in [-0.39, 0.29) is 18.5 Å². The number of amides is 1. The molecule has 72 heavy (non-hydrogen) atoms. The van der Waals surface area contributed by atoms with Gasteiger partial charge < -0.3 is 20.3 Å². The number of hydrogen-bond acceptors (Lipinski definition) is 5. The summed E-state index contributed by atoms with van der Waals surface area (Å²) in [6.45, 7) is 4.83. The molecule has 0 aromatic rings. The Labute approximate surface area is 449 Å². The Kier molecular flexibility index (Phi) is 60.0. The first-order chi connectivity index (χ1) is 35.5.